The molecule has 1 atom stereocenters. The molecular weight excluding hydrogens is 427 g/mol. The lowest BCUT2D eigenvalue weighted by Crippen LogP contribution is -2.47. The van der Waals surface area contributed by atoms with Crippen molar-refractivity contribution in [1.82, 2.24) is 9.62 Å². The van der Waals surface area contributed by atoms with Crippen LogP contribution in [0.15, 0.2) is 53.4 Å². The lowest BCUT2D eigenvalue weighted by molar-refractivity contribution is -0.134. The van der Waals surface area contributed by atoms with Crippen LogP contribution in [-0.4, -0.2) is 50.7 Å². The van der Waals surface area contributed by atoms with E-state index in [9.17, 15) is 27.2 Å². The van der Waals surface area contributed by atoms with Crippen molar-refractivity contribution >= 4 is 39.1 Å². The molecule has 2 aromatic rings. The predicted octanol–water partition coefficient (Wildman–Crippen LogP) is 1.55. The highest BCUT2D eigenvalue weighted by Gasteiger charge is 2.25. The fourth-order valence-corrected chi connectivity index (χ4v) is 3.83. The number of sulfonamides is 1. The van der Waals surface area contributed by atoms with Gasteiger partial charge in [-0.25, -0.2) is 12.8 Å². The van der Waals surface area contributed by atoms with E-state index in [1.807, 2.05) is 0 Å². The zero-order valence-corrected chi connectivity index (χ0v) is 18.0. The monoisotopic (exact) mass is 450 g/mol. The van der Waals surface area contributed by atoms with Gasteiger partial charge in [0.25, 0.3) is 0 Å². The van der Waals surface area contributed by atoms with E-state index < -0.39 is 33.7 Å². The van der Waals surface area contributed by atoms with Gasteiger partial charge in [0.2, 0.25) is 27.7 Å². The molecule has 0 fully saturated rings. The molecule has 31 heavy (non-hydrogen) atoms. The molecule has 0 radical (unpaired) electrons. The third-order valence-electron chi connectivity index (χ3n) is 4.07. The van der Waals surface area contributed by atoms with Crippen LogP contribution >= 0.6 is 0 Å². The second kappa shape index (κ2) is 10.1. The zero-order valence-electron chi connectivity index (χ0n) is 17.2. The third kappa shape index (κ3) is 7.15. The van der Waals surface area contributed by atoms with E-state index in [1.54, 1.807) is 0 Å². The molecule has 166 valence electrons. The average Bonchev–Trinajstić information content (AvgIpc) is 2.68. The number of likely N-dealkylation sites (N-methyl/N-ethyl adjacent to an activating group) is 1. The first-order chi connectivity index (χ1) is 14.5. The van der Waals surface area contributed by atoms with Crippen molar-refractivity contribution in [3.63, 3.8) is 0 Å². The van der Waals surface area contributed by atoms with Crippen LogP contribution in [0.1, 0.15) is 13.8 Å². The standard InChI is InChI=1S/C20H23FN4O5S/c1-13(24-31(29,30)18-10-8-16(9-11-18)22-14(2)26)20(28)25(3)12-19(27)23-17-6-4-15(21)5-7-17/h4-11,13,24H,12H2,1-3H3,(H,22,26)(H,23,27)/t13-/m1/s1. The molecule has 0 aliphatic heterocycles. The molecular formula is C20H23FN4O5S. The minimum Gasteiger partial charge on any atom is -0.335 e. The van der Waals surface area contributed by atoms with E-state index in [0.717, 1.165) is 4.90 Å². The zero-order chi connectivity index (χ0) is 23.2. The Hall–Kier alpha value is -3.31. The van der Waals surface area contributed by atoms with Crippen LogP contribution in [0.4, 0.5) is 15.8 Å². The molecule has 0 saturated carbocycles. The largest absolute Gasteiger partial charge is 0.335 e. The summed E-state index contributed by atoms with van der Waals surface area (Å²) in [6, 6.07) is 9.43. The average molecular weight is 450 g/mol. The van der Waals surface area contributed by atoms with E-state index in [-0.39, 0.29) is 17.3 Å². The Labute approximate surface area is 179 Å². The lowest BCUT2D eigenvalue weighted by Gasteiger charge is -2.21. The van der Waals surface area contributed by atoms with Crippen molar-refractivity contribution in [1.29, 1.82) is 0 Å². The summed E-state index contributed by atoms with van der Waals surface area (Å²) in [4.78, 5) is 36.6. The topological polar surface area (TPSA) is 125 Å². The molecule has 0 bridgehead atoms. The summed E-state index contributed by atoms with van der Waals surface area (Å²) in [5, 5.41) is 5.04. The van der Waals surface area contributed by atoms with Gasteiger partial charge in [-0.15, -0.1) is 0 Å². The molecule has 3 N–H and O–H groups in total. The van der Waals surface area contributed by atoms with Crippen molar-refractivity contribution in [3.8, 4) is 0 Å². The highest BCUT2D eigenvalue weighted by atomic mass is 32.2. The smallest absolute Gasteiger partial charge is 0.243 e. The van der Waals surface area contributed by atoms with E-state index in [2.05, 4.69) is 15.4 Å². The number of benzene rings is 2. The predicted molar refractivity (Wildman–Crippen MR) is 113 cm³/mol. The van der Waals surface area contributed by atoms with Crippen LogP contribution < -0.4 is 15.4 Å². The van der Waals surface area contributed by atoms with Crippen molar-refractivity contribution < 1.29 is 27.2 Å². The van der Waals surface area contributed by atoms with Gasteiger partial charge < -0.3 is 15.5 Å². The molecule has 0 saturated heterocycles. The number of hydrogen-bond donors (Lipinski definition) is 3. The number of anilines is 2. The summed E-state index contributed by atoms with van der Waals surface area (Å²) in [5.74, 6) is -1.88. The van der Waals surface area contributed by atoms with Gasteiger partial charge in [0, 0.05) is 25.3 Å². The SMILES string of the molecule is CC(=O)Nc1ccc(S(=O)(=O)N[C@H](C)C(=O)N(C)CC(=O)Nc2ccc(F)cc2)cc1. The van der Waals surface area contributed by atoms with Crippen molar-refractivity contribution in [3.05, 3.63) is 54.3 Å². The molecule has 0 spiro atoms. The Morgan fingerprint density at radius 2 is 1.48 bits per heavy atom. The Kier molecular flexibility index (Phi) is 7.83. The molecule has 2 aromatic carbocycles. The van der Waals surface area contributed by atoms with Crippen molar-refractivity contribution in [2.75, 3.05) is 24.2 Å². The second-order valence-corrected chi connectivity index (χ2v) is 8.51. The number of nitrogens with one attached hydrogen (secondary N) is 3. The fourth-order valence-electron chi connectivity index (χ4n) is 2.63. The number of amides is 3. The summed E-state index contributed by atoms with van der Waals surface area (Å²) < 4.78 is 40.2. The Bertz CT molecular complexity index is 1060. The van der Waals surface area contributed by atoms with Crippen LogP contribution in [0.3, 0.4) is 0 Å². The first-order valence-electron chi connectivity index (χ1n) is 9.18. The van der Waals surface area contributed by atoms with Gasteiger partial charge in [-0.05, 0) is 55.5 Å². The summed E-state index contributed by atoms with van der Waals surface area (Å²) in [7, 11) is -2.65. The number of rotatable bonds is 8. The summed E-state index contributed by atoms with van der Waals surface area (Å²) >= 11 is 0. The van der Waals surface area contributed by atoms with Gasteiger partial charge in [-0.1, -0.05) is 0 Å². The molecule has 0 aliphatic carbocycles. The molecule has 9 nitrogen and oxygen atoms in total. The first-order valence-corrected chi connectivity index (χ1v) is 10.7. The van der Waals surface area contributed by atoms with Crippen molar-refractivity contribution in [2.24, 2.45) is 0 Å². The Morgan fingerprint density at radius 3 is 2.03 bits per heavy atom. The highest BCUT2D eigenvalue weighted by Crippen LogP contribution is 2.15. The quantitative estimate of drug-likeness (QED) is 0.563. The molecule has 0 aromatic heterocycles. The highest BCUT2D eigenvalue weighted by molar-refractivity contribution is 7.89. The van der Waals surface area contributed by atoms with Crippen molar-refractivity contribution in [2.45, 2.75) is 24.8 Å². The fraction of sp³-hybridized carbons (Fsp3) is 0.250. The second-order valence-electron chi connectivity index (χ2n) is 6.80. The van der Waals surface area contributed by atoms with Gasteiger partial charge in [0.1, 0.15) is 5.82 Å². The molecule has 0 heterocycles. The summed E-state index contributed by atoms with van der Waals surface area (Å²) in [6.45, 7) is 2.36. The van der Waals surface area contributed by atoms with E-state index in [4.69, 9.17) is 0 Å². The normalized spacial score (nSPS) is 12.0. The van der Waals surface area contributed by atoms with Gasteiger partial charge in [0.15, 0.2) is 0 Å². The summed E-state index contributed by atoms with van der Waals surface area (Å²) in [5.41, 5.74) is 0.797. The van der Waals surface area contributed by atoms with Gasteiger partial charge in [-0.2, -0.15) is 4.72 Å². The van der Waals surface area contributed by atoms with Crippen LogP contribution in [0.5, 0.6) is 0 Å². The van der Waals surface area contributed by atoms with Crippen LogP contribution in [0.2, 0.25) is 0 Å². The van der Waals surface area contributed by atoms with Crippen LogP contribution in [-0.2, 0) is 24.4 Å². The number of hydrogen-bond acceptors (Lipinski definition) is 5. The number of halogens is 1. The minimum atomic E-state index is -4.01. The molecule has 11 heteroatoms. The lowest BCUT2D eigenvalue weighted by atomic mass is 10.3. The maximum absolute atomic E-state index is 12.9. The van der Waals surface area contributed by atoms with E-state index >= 15 is 0 Å². The first kappa shape index (κ1) is 24.0. The summed E-state index contributed by atoms with van der Waals surface area (Å²) in [6.07, 6.45) is 0. The number of nitrogens with zero attached hydrogens (tertiary/aromatic N) is 1. The Morgan fingerprint density at radius 1 is 0.968 bits per heavy atom. The van der Waals surface area contributed by atoms with Crippen LogP contribution in [0, 0.1) is 5.82 Å². The van der Waals surface area contributed by atoms with Gasteiger partial charge >= 0.3 is 0 Å². The number of carbonyl (C=O) groups is 3. The maximum Gasteiger partial charge on any atom is 0.243 e. The molecule has 0 aliphatic rings. The van der Waals surface area contributed by atoms with E-state index in [1.165, 1.54) is 69.4 Å². The third-order valence-corrected chi connectivity index (χ3v) is 5.63. The maximum atomic E-state index is 12.9. The van der Waals surface area contributed by atoms with Gasteiger partial charge in [0.05, 0.1) is 17.5 Å². The van der Waals surface area contributed by atoms with Crippen LogP contribution in [0.25, 0.3) is 0 Å². The van der Waals surface area contributed by atoms with Gasteiger partial charge in [-0.3, -0.25) is 14.4 Å². The molecule has 0 unspecified atom stereocenters. The molecule has 3 amide bonds. The Balaban J connectivity index is 1.95. The number of carbonyl (C=O) groups excluding carboxylic acids is 3. The van der Waals surface area contributed by atoms with E-state index in [0.29, 0.717) is 11.4 Å². The minimum absolute atomic E-state index is 0.0852. The molecule has 2 rings (SSSR count).